The van der Waals surface area contributed by atoms with Crippen LogP contribution >= 0.6 is 0 Å². The molecule has 1 aromatic heterocycles. The molecule has 0 fully saturated rings. The molecule has 1 aromatic carbocycles. The Bertz CT molecular complexity index is 740. The number of pyridine rings is 1. The van der Waals surface area contributed by atoms with E-state index >= 15 is 0 Å². The fourth-order valence-electron chi connectivity index (χ4n) is 2.26. The lowest BCUT2D eigenvalue weighted by molar-refractivity contribution is -0.147. The van der Waals surface area contributed by atoms with Crippen LogP contribution in [0.4, 0.5) is 0 Å². The standard InChI is InChI=1S/C19H22N2O3/c1-13-15(17(22)20-12-11-19(2,3)18(23)24)9-10-16(21-13)14-7-5-4-6-8-14/h4-10H,11-12H2,1-3H3,(H,20,22)(H,23,24). The van der Waals surface area contributed by atoms with Crippen molar-refractivity contribution in [1.82, 2.24) is 10.3 Å². The summed E-state index contributed by atoms with van der Waals surface area (Å²) < 4.78 is 0. The van der Waals surface area contributed by atoms with Crippen LogP contribution in [0.5, 0.6) is 0 Å². The average molecular weight is 326 g/mol. The molecule has 0 spiro atoms. The molecule has 1 amide bonds. The zero-order valence-corrected chi connectivity index (χ0v) is 14.2. The van der Waals surface area contributed by atoms with Crippen LogP contribution < -0.4 is 5.32 Å². The number of carboxylic acids is 1. The number of aliphatic carboxylic acids is 1. The molecule has 0 atom stereocenters. The minimum absolute atomic E-state index is 0.235. The summed E-state index contributed by atoms with van der Waals surface area (Å²) >= 11 is 0. The number of aromatic nitrogens is 1. The highest BCUT2D eigenvalue weighted by Gasteiger charge is 2.26. The first kappa shape index (κ1) is 17.7. The van der Waals surface area contributed by atoms with Crippen molar-refractivity contribution in [3.05, 3.63) is 53.7 Å². The Labute approximate surface area is 141 Å². The average Bonchev–Trinajstić information content (AvgIpc) is 2.55. The quantitative estimate of drug-likeness (QED) is 0.854. The number of benzene rings is 1. The maximum absolute atomic E-state index is 12.3. The number of carboxylic acid groups (broad SMARTS) is 1. The molecule has 0 aliphatic rings. The summed E-state index contributed by atoms with van der Waals surface area (Å²) in [5.74, 6) is -1.11. The van der Waals surface area contributed by atoms with Gasteiger partial charge in [0, 0.05) is 12.1 Å². The van der Waals surface area contributed by atoms with E-state index in [-0.39, 0.29) is 5.91 Å². The van der Waals surface area contributed by atoms with Gasteiger partial charge in [0.25, 0.3) is 5.91 Å². The first-order chi connectivity index (χ1) is 11.3. The molecule has 2 rings (SSSR count). The third-order valence-electron chi connectivity index (χ3n) is 4.01. The Morgan fingerprint density at radius 3 is 2.38 bits per heavy atom. The van der Waals surface area contributed by atoms with E-state index in [9.17, 15) is 9.59 Å². The van der Waals surface area contributed by atoms with Gasteiger partial charge in [-0.1, -0.05) is 30.3 Å². The van der Waals surface area contributed by atoms with Gasteiger partial charge in [-0.3, -0.25) is 14.6 Å². The highest BCUT2D eigenvalue weighted by Crippen LogP contribution is 2.20. The number of rotatable bonds is 6. The monoisotopic (exact) mass is 326 g/mol. The summed E-state index contributed by atoms with van der Waals surface area (Å²) in [5, 5.41) is 11.9. The minimum atomic E-state index is -0.873. The third kappa shape index (κ3) is 4.19. The number of carbonyl (C=O) groups is 2. The molecule has 2 N–H and O–H groups in total. The molecular weight excluding hydrogens is 304 g/mol. The second-order valence-electron chi connectivity index (χ2n) is 6.39. The normalized spacial score (nSPS) is 11.1. The van der Waals surface area contributed by atoms with Crippen molar-refractivity contribution in [2.45, 2.75) is 27.2 Å². The summed E-state index contributed by atoms with van der Waals surface area (Å²) in [6.07, 6.45) is 0.364. The van der Waals surface area contributed by atoms with E-state index in [1.807, 2.05) is 36.4 Å². The second-order valence-corrected chi connectivity index (χ2v) is 6.39. The zero-order chi connectivity index (χ0) is 17.7. The third-order valence-corrected chi connectivity index (χ3v) is 4.01. The van der Waals surface area contributed by atoms with Gasteiger partial charge in [-0.15, -0.1) is 0 Å². The van der Waals surface area contributed by atoms with E-state index in [1.54, 1.807) is 26.8 Å². The highest BCUT2D eigenvalue weighted by atomic mass is 16.4. The summed E-state index contributed by atoms with van der Waals surface area (Å²) in [7, 11) is 0. The van der Waals surface area contributed by atoms with Crippen LogP contribution in [0.2, 0.25) is 0 Å². The van der Waals surface area contributed by atoms with E-state index in [2.05, 4.69) is 10.3 Å². The van der Waals surface area contributed by atoms with E-state index in [4.69, 9.17) is 5.11 Å². The number of amides is 1. The van der Waals surface area contributed by atoms with Crippen molar-refractivity contribution in [2.75, 3.05) is 6.54 Å². The summed E-state index contributed by atoms with van der Waals surface area (Å²) in [4.78, 5) is 27.8. The Kier molecular flexibility index (Phi) is 5.34. The summed E-state index contributed by atoms with van der Waals surface area (Å²) in [5.41, 5.74) is 2.10. The number of hydrogen-bond acceptors (Lipinski definition) is 3. The maximum atomic E-state index is 12.3. The Balaban J connectivity index is 2.04. The van der Waals surface area contributed by atoms with E-state index in [0.29, 0.717) is 24.2 Å². The van der Waals surface area contributed by atoms with Gasteiger partial charge in [0.05, 0.1) is 22.4 Å². The topological polar surface area (TPSA) is 79.3 Å². The molecule has 0 aliphatic heterocycles. The van der Waals surface area contributed by atoms with Crippen molar-refractivity contribution in [3.63, 3.8) is 0 Å². The predicted molar refractivity (Wildman–Crippen MR) is 92.8 cm³/mol. The van der Waals surface area contributed by atoms with Gasteiger partial charge in [0.15, 0.2) is 0 Å². The van der Waals surface area contributed by atoms with Gasteiger partial charge >= 0.3 is 5.97 Å². The molecule has 0 radical (unpaired) electrons. The summed E-state index contributed by atoms with van der Waals surface area (Å²) in [6.45, 7) is 5.38. The molecular formula is C19H22N2O3. The minimum Gasteiger partial charge on any atom is -0.481 e. The van der Waals surface area contributed by atoms with Crippen LogP contribution in [0.1, 0.15) is 36.3 Å². The van der Waals surface area contributed by atoms with Crippen molar-refractivity contribution < 1.29 is 14.7 Å². The van der Waals surface area contributed by atoms with Crippen molar-refractivity contribution in [2.24, 2.45) is 5.41 Å². The van der Waals surface area contributed by atoms with Crippen LogP contribution in [0.25, 0.3) is 11.3 Å². The molecule has 5 nitrogen and oxygen atoms in total. The molecule has 24 heavy (non-hydrogen) atoms. The van der Waals surface area contributed by atoms with Gasteiger partial charge in [-0.25, -0.2) is 0 Å². The van der Waals surface area contributed by atoms with Gasteiger partial charge in [-0.05, 0) is 39.3 Å². The molecule has 0 aliphatic carbocycles. The van der Waals surface area contributed by atoms with Gasteiger partial charge in [0.1, 0.15) is 0 Å². The molecule has 5 heteroatoms. The lowest BCUT2D eigenvalue weighted by Gasteiger charge is -2.19. The number of carbonyl (C=O) groups excluding carboxylic acids is 1. The second kappa shape index (κ2) is 7.25. The van der Waals surface area contributed by atoms with Crippen molar-refractivity contribution in [3.8, 4) is 11.3 Å². The van der Waals surface area contributed by atoms with Crippen LogP contribution in [0.15, 0.2) is 42.5 Å². The van der Waals surface area contributed by atoms with Gasteiger partial charge in [0.2, 0.25) is 0 Å². The van der Waals surface area contributed by atoms with E-state index in [1.165, 1.54) is 0 Å². The zero-order valence-electron chi connectivity index (χ0n) is 14.2. The molecule has 126 valence electrons. The molecule has 0 unspecified atom stereocenters. The highest BCUT2D eigenvalue weighted by molar-refractivity contribution is 5.95. The molecule has 2 aromatic rings. The number of aryl methyl sites for hydroxylation is 1. The molecule has 0 saturated carbocycles. The van der Waals surface area contributed by atoms with Crippen LogP contribution in [0, 0.1) is 12.3 Å². The smallest absolute Gasteiger partial charge is 0.309 e. The van der Waals surface area contributed by atoms with Gasteiger partial charge < -0.3 is 10.4 Å². The van der Waals surface area contributed by atoms with Gasteiger partial charge in [-0.2, -0.15) is 0 Å². The summed E-state index contributed by atoms with van der Waals surface area (Å²) in [6, 6.07) is 13.3. The first-order valence-corrected chi connectivity index (χ1v) is 7.86. The first-order valence-electron chi connectivity index (χ1n) is 7.86. The van der Waals surface area contributed by atoms with Crippen LogP contribution in [-0.2, 0) is 4.79 Å². The Morgan fingerprint density at radius 2 is 1.79 bits per heavy atom. The van der Waals surface area contributed by atoms with Crippen LogP contribution in [-0.4, -0.2) is 28.5 Å². The van der Waals surface area contributed by atoms with E-state index in [0.717, 1.165) is 11.3 Å². The van der Waals surface area contributed by atoms with Crippen molar-refractivity contribution in [1.29, 1.82) is 0 Å². The lowest BCUT2D eigenvalue weighted by Crippen LogP contribution is -2.32. The number of hydrogen-bond donors (Lipinski definition) is 2. The fraction of sp³-hybridized carbons (Fsp3) is 0.316. The fourth-order valence-corrected chi connectivity index (χ4v) is 2.26. The van der Waals surface area contributed by atoms with E-state index < -0.39 is 11.4 Å². The lowest BCUT2D eigenvalue weighted by atomic mass is 9.89. The Morgan fingerprint density at radius 1 is 1.12 bits per heavy atom. The predicted octanol–water partition coefficient (Wildman–Crippen LogP) is 3.29. The Hall–Kier alpha value is -2.69. The largest absolute Gasteiger partial charge is 0.481 e. The molecule has 0 saturated heterocycles. The molecule has 0 bridgehead atoms. The molecule has 1 heterocycles. The number of nitrogens with zero attached hydrogens (tertiary/aromatic N) is 1. The van der Waals surface area contributed by atoms with Crippen molar-refractivity contribution >= 4 is 11.9 Å². The maximum Gasteiger partial charge on any atom is 0.309 e. The van der Waals surface area contributed by atoms with Crippen LogP contribution in [0.3, 0.4) is 0 Å². The number of nitrogens with one attached hydrogen (secondary N) is 1. The SMILES string of the molecule is Cc1nc(-c2ccccc2)ccc1C(=O)NCCC(C)(C)C(=O)O.